The van der Waals surface area contributed by atoms with E-state index in [2.05, 4.69) is 5.32 Å². The highest BCUT2D eigenvalue weighted by Crippen LogP contribution is 2.39. The fourth-order valence-corrected chi connectivity index (χ4v) is 4.90. The lowest BCUT2D eigenvalue weighted by Crippen LogP contribution is -2.63. The van der Waals surface area contributed by atoms with E-state index in [1.54, 1.807) is 24.0 Å². The van der Waals surface area contributed by atoms with E-state index in [0.717, 1.165) is 4.88 Å². The van der Waals surface area contributed by atoms with Crippen LogP contribution in [-0.4, -0.2) is 46.6 Å². The average Bonchev–Trinajstić information content (AvgIpc) is 3.34. The molecule has 0 spiro atoms. The Kier molecular flexibility index (Phi) is 6.76. The Morgan fingerprint density at radius 3 is 2.55 bits per heavy atom. The minimum atomic E-state index is -1.26. The first-order valence-corrected chi connectivity index (χ1v) is 11.5. The van der Waals surface area contributed by atoms with Gasteiger partial charge in [-0.05, 0) is 61.2 Å². The van der Waals surface area contributed by atoms with E-state index in [4.69, 9.17) is 4.74 Å². The number of aliphatic hydroxyl groups is 1. The maximum Gasteiger partial charge on any atom is 0.261 e. The van der Waals surface area contributed by atoms with Gasteiger partial charge >= 0.3 is 0 Å². The Labute approximate surface area is 195 Å². The molecule has 8 heteroatoms. The summed E-state index contributed by atoms with van der Waals surface area (Å²) < 4.78 is 19.0. The molecule has 0 radical (unpaired) electrons. The van der Waals surface area contributed by atoms with Crippen LogP contribution in [0.5, 0.6) is 5.75 Å². The van der Waals surface area contributed by atoms with Crippen LogP contribution in [-0.2, 0) is 4.79 Å². The number of thiophene rings is 1. The van der Waals surface area contributed by atoms with Crippen molar-refractivity contribution < 1.29 is 23.8 Å². The van der Waals surface area contributed by atoms with Gasteiger partial charge in [-0.1, -0.05) is 24.3 Å². The van der Waals surface area contributed by atoms with Crippen molar-refractivity contribution in [1.29, 1.82) is 0 Å². The van der Waals surface area contributed by atoms with Crippen LogP contribution in [0.2, 0.25) is 0 Å². The van der Waals surface area contributed by atoms with Gasteiger partial charge in [0, 0.05) is 17.0 Å². The number of amides is 2. The lowest BCUT2D eigenvalue weighted by molar-refractivity contribution is -0.144. The molecule has 2 aromatic carbocycles. The second kappa shape index (κ2) is 9.72. The summed E-state index contributed by atoms with van der Waals surface area (Å²) in [7, 11) is 0. The van der Waals surface area contributed by atoms with Crippen molar-refractivity contribution in [2.24, 2.45) is 0 Å². The molecule has 1 aliphatic heterocycles. The molecule has 2 N–H and O–H groups in total. The molecule has 1 aliphatic rings. The minimum Gasteiger partial charge on any atom is -0.484 e. The quantitative estimate of drug-likeness (QED) is 0.577. The Morgan fingerprint density at radius 2 is 1.88 bits per heavy atom. The molecule has 2 amide bonds. The van der Waals surface area contributed by atoms with Crippen molar-refractivity contribution in [3.8, 4) is 5.75 Å². The molecule has 6 nitrogen and oxygen atoms in total. The highest BCUT2D eigenvalue weighted by molar-refractivity contribution is 7.10. The summed E-state index contributed by atoms with van der Waals surface area (Å²) in [6, 6.07) is 16.7. The fourth-order valence-electron chi connectivity index (χ4n) is 4.02. The first-order chi connectivity index (χ1) is 15.8. The third-order valence-electron chi connectivity index (χ3n) is 5.83. The number of rotatable bonds is 6. The summed E-state index contributed by atoms with van der Waals surface area (Å²) in [5.41, 5.74) is -0.991. The Morgan fingerprint density at radius 1 is 1.15 bits per heavy atom. The third-order valence-corrected chi connectivity index (χ3v) is 6.78. The van der Waals surface area contributed by atoms with Crippen LogP contribution < -0.4 is 10.1 Å². The number of likely N-dealkylation sites (tertiary alicyclic amines) is 1. The van der Waals surface area contributed by atoms with E-state index in [9.17, 15) is 19.1 Å². The number of halogens is 1. The number of benzene rings is 2. The lowest BCUT2D eigenvalue weighted by atomic mass is 9.81. The summed E-state index contributed by atoms with van der Waals surface area (Å²) in [5, 5.41) is 16.0. The van der Waals surface area contributed by atoms with E-state index in [1.807, 2.05) is 35.7 Å². The number of carbonyl (C=O) groups excluding carboxylic acids is 2. The van der Waals surface area contributed by atoms with E-state index in [-0.39, 0.29) is 24.5 Å². The van der Waals surface area contributed by atoms with Crippen LogP contribution in [0.1, 0.15) is 34.6 Å². The van der Waals surface area contributed by atoms with Crippen molar-refractivity contribution in [3.05, 3.63) is 88.4 Å². The molecule has 1 aromatic heterocycles. The highest BCUT2D eigenvalue weighted by atomic mass is 32.1. The van der Waals surface area contributed by atoms with Crippen LogP contribution in [0, 0.1) is 5.82 Å². The highest BCUT2D eigenvalue weighted by Gasteiger charge is 2.48. The van der Waals surface area contributed by atoms with Crippen molar-refractivity contribution in [3.63, 3.8) is 0 Å². The summed E-state index contributed by atoms with van der Waals surface area (Å²) in [6.45, 7) is 1.81. The smallest absolute Gasteiger partial charge is 0.261 e. The number of carbonyl (C=O) groups is 2. The van der Waals surface area contributed by atoms with Crippen molar-refractivity contribution in [1.82, 2.24) is 10.2 Å². The zero-order valence-corrected chi connectivity index (χ0v) is 18.9. The molecule has 1 saturated heterocycles. The second-order valence-corrected chi connectivity index (χ2v) is 9.19. The number of ether oxygens (including phenoxy) is 1. The van der Waals surface area contributed by atoms with E-state index in [1.165, 1.54) is 35.6 Å². The van der Waals surface area contributed by atoms with Gasteiger partial charge in [-0.25, -0.2) is 4.39 Å². The van der Waals surface area contributed by atoms with Gasteiger partial charge in [0.05, 0.1) is 17.7 Å². The Hall–Kier alpha value is -3.23. The average molecular weight is 469 g/mol. The topological polar surface area (TPSA) is 78.9 Å². The molecular weight excluding hydrogens is 443 g/mol. The third kappa shape index (κ3) is 5.23. The van der Waals surface area contributed by atoms with Gasteiger partial charge in [-0.15, -0.1) is 11.3 Å². The lowest BCUT2D eigenvalue weighted by Gasteiger charge is -2.48. The fraction of sp³-hybridized carbons (Fsp3) is 0.280. The molecule has 0 bridgehead atoms. The second-order valence-electron chi connectivity index (χ2n) is 8.21. The van der Waals surface area contributed by atoms with E-state index >= 15 is 0 Å². The van der Waals surface area contributed by atoms with Gasteiger partial charge in [0.25, 0.3) is 11.8 Å². The van der Waals surface area contributed by atoms with E-state index in [0.29, 0.717) is 12.3 Å². The van der Waals surface area contributed by atoms with Crippen LogP contribution in [0.4, 0.5) is 4.39 Å². The van der Waals surface area contributed by atoms with Gasteiger partial charge < -0.3 is 20.1 Å². The summed E-state index contributed by atoms with van der Waals surface area (Å²) >= 11 is 1.45. The number of nitrogens with zero attached hydrogens (tertiary/aromatic N) is 1. The van der Waals surface area contributed by atoms with Crippen molar-refractivity contribution in [2.45, 2.75) is 31.0 Å². The summed E-state index contributed by atoms with van der Waals surface area (Å²) in [4.78, 5) is 28.6. The maximum absolute atomic E-state index is 13.3. The number of hydrogen-bond donors (Lipinski definition) is 2. The molecule has 33 heavy (non-hydrogen) atoms. The molecule has 3 atom stereocenters. The van der Waals surface area contributed by atoms with E-state index < -0.39 is 29.4 Å². The molecule has 0 aliphatic carbocycles. The standard InChI is InChI=1S/C25H25FN2O4S/c1-25(31)13-14-28(21(29)16-32-19-6-3-2-4-7-19)22(20-8-5-15-33-20)23(25)27-24(30)17-9-11-18(26)12-10-17/h2-12,15,22-23,31H,13-14,16H2,1H3,(H,27,30). The predicted molar refractivity (Wildman–Crippen MR) is 124 cm³/mol. The molecular formula is C25H25FN2O4S. The van der Waals surface area contributed by atoms with Crippen molar-refractivity contribution >= 4 is 23.2 Å². The monoisotopic (exact) mass is 468 g/mol. The molecule has 3 aromatic rings. The zero-order chi connectivity index (χ0) is 23.4. The number of para-hydroxylation sites is 1. The summed E-state index contributed by atoms with van der Waals surface area (Å²) in [6.07, 6.45) is 0.278. The van der Waals surface area contributed by atoms with Gasteiger partial charge in [0.2, 0.25) is 0 Å². The van der Waals surface area contributed by atoms with Gasteiger partial charge in [0.1, 0.15) is 11.6 Å². The van der Waals surface area contributed by atoms with Gasteiger partial charge in [0.15, 0.2) is 6.61 Å². The largest absolute Gasteiger partial charge is 0.484 e. The van der Waals surface area contributed by atoms with Crippen LogP contribution in [0.15, 0.2) is 72.1 Å². The molecule has 0 saturated carbocycles. The van der Waals surface area contributed by atoms with Crippen LogP contribution in [0.25, 0.3) is 0 Å². The SMILES string of the molecule is CC1(O)CCN(C(=O)COc2ccccc2)C(c2cccs2)C1NC(=O)c1ccc(F)cc1. The maximum atomic E-state index is 13.3. The first kappa shape index (κ1) is 22.9. The van der Waals surface area contributed by atoms with Gasteiger partial charge in [-0.3, -0.25) is 9.59 Å². The molecule has 4 rings (SSSR count). The van der Waals surface area contributed by atoms with Crippen molar-refractivity contribution in [2.75, 3.05) is 13.2 Å². The Balaban J connectivity index is 1.59. The number of piperidine rings is 1. The zero-order valence-electron chi connectivity index (χ0n) is 18.1. The van der Waals surface area contributed by atoms with Crippen LogP contribution >= 0.6 is 11.3 Å². The Bertz CT molecular complexity index is 1090. The molecule has 1 fully saturated rings. The molecule has 3 unspecified atom stereocenters. The predicted octanol–water partition coefficient (Wildman–Crippen LogP) is 3.79. The summed E-state index contributed by atoms with van der Waals surface area (Å²) in [5.74, 6) is -0.544. The van der Waals surface area contributed by atoms with Crippen LogP contribution in [0.3, 0.4) is 0 Å². The molecule has 2 heterocycles. The normalized spacial score (nSPS) is 22.6. The first-order valence-electron chi connectivity index (χ1n) is 10.6. The molecule has 172 valence electrons. The number of nitrogens with one attached hydrogen (secondary N) is 1. The number of hydrogen-bond acceptors (Lipinski definition) is 5. The van der Waals surface area contributed by atoms with Gasteiger partial charge in [-0.2, -0.15) is 0 Å². The minimum absolute atomic E-state index is 0.160.